The largest absolute Gasteiger partial charge is 0.489 e. The number of benzene rings is 2. The molecule has 0 aliphatic carbocycles. The predicted octanol–water partition coefficient (Wildman–Crippen LogP) is 4.55. The molecule has 6 nitrogen and oxygen atoms in total. The summed E-state index contributed by atoms with van der Waals surface area (Å²) in [6, 6.07) is 14.0. The Morgan fingerprint density at radius 2 is 2.00 bits per heavy atom. The van der Waals surface area contributed by atoms with Gasteiger partial charge in [0.2, 0.25) is 0 Å². The van der Waals surface area contributed by atoms with Gasteiger partial charge in [-0.3, -0.25) is 14.7 Å². The molecule has 0 unspecified atom stereocenters. The van der Waals surface area contributed by atoms with Crippen molar-refractivity contribution in [2.24, 2.45) is 0 Å². The molecule has 36 heavy (non-hydrogen) atoms. The van der Waals surface area contributed by atoms with Gasteiger partial charge in [0.05, 0.1) is 11.1 Å². The average Bonchev–Trinajstić information content (AvgIpc) is 2.88. The number of hydrogen-bond donors (Lipinski definition) is 1. The fourth-order valence-electron chi connectivity index (χ4n) is 5.62. The van der Waals surface area contributed by atoms with Gasteiger partial charge in [-0.05, 0) is 68.9 Å². The van der Waals surface area contributed by atoms with Crippen molar-refractivity contribution in [1.82, 2.24) is 20.1 Å². The summed E-state index contributed by atoms with van der Waals surface area (Å²) in [6.45, 7) is 4.97. The Balaban J connectivity index is 1.28. The lowest BCUT2D eigenvalue weighted by atomic mass is 9.94. The Morgan fingerprint density at radius 1 is 1.17 bits per heavy atom. The normalized spacial score (nSPS) is 18.8. The number of likely N-dealkylation sites (tertiary alicyclic amines) is 1. The van der Waals surface area contributed by atoms with Gasteiger partial charge < -0.3 is 15.0 Å². The zero-order valence-electron chi connectivity index (χ0n) is 20.6. The Bertz CT molecular complexity index is 1350. The summed E-state index contributed by atoms with van der Waals surface area (Å²) in [6.07, 6.45) is 4.98. The van der Waals surface area contributed by atoms with Crippen molar-refractivity contribution in [3.8, 4) is 5.75 Å². The molecule has 3 aliphatic heterocycles. The van der Waals surface area contributed by atoms with Gasteiger partial charge in [0, 0.05) is 59.3 Å². The van der Waals surface area contributed by atoms with E-state index in [-0.39, 0.29) is 11.9 Å². The molecule has 0 spiro atoms. The minimum atomic E-state index is 0.0324. The summed E-state index contributed by atoms with van der Waals surface area (Å²) >= 11 is 6.20. The van der Waals surface area contributed by atoms with Gasteiger partial charge in [-0.1, -0.05) is 29.8 Å². The van der Waals surface area contributed by atoms with Crippen LogP contribution in [0.5, 0.6) is 5.75 Å². The molecular formula is C29H31ClN4O2. The van der Waals surface area contributed by atoms with Crippen molar-refractivity contribution < 1.29 is 9.53 Å². The molecule has 0 bridgehead atoms. The average molecular weight is 503 g/mol. The number of nitrogens with one attached hydrogen (secondary N) is 1. The molecular weight excluding hydrogens is 472 g/mol. The Hall–Kier alpha value is -2.93. The van der Waals surface area contributed by atoms with Crippen molar-refractivity contribution in [3.05, 3.63) is 75.4 Å². The lowest BCUT2D eigenvalue weighted by Crippen LogP contribution is -2.44. The second kappa shape index (κ2) is 9.85. The van der Waals surface area contributed by atoms with E-state index in [2.05, 4.69) is 28.2 Å². The van der Waals surface area contributed by atoms with Gasteiger partial charge in [0.1, 0.15) is 12.4 Å². The molecule has 1 saturated heterocycles. The molecule has 6 rings (SSSR count). The van der Waals surface area contributed by atoms with Crippen molar-refractivity contribution in [2.75, 3.05) is 39.8 Å². The number of hydrogen-bond acceptors (Lipinski definition) is 5. The predicted molar refractivity (Wildman–Crippen MR) is 144 cm³/mol. The Morgan fingerprint density at radius 3 is 2.86 bits per heavy atom. The minimum Gasteiger partial charge on any atom is -0.489 e. The van der Waals surface area contributed by atoms with Crippen LogP contribution in [0.1, 0.15) is 40.0 Å². The van der Waals surface area contributed by atoms with E-state index in [0.717, 1.165) is 84.5 Å². The summed E-state index contributed by atoms with van der Waals surface area (Å²) in [4.78, 5) is 23.4. The first kappa shape index (κ1) is 23.5. The van der Waals surface area contributed by atoms with Crippen LogP contribution < -0.4 is 10.1 Å². The van der Waals surface area contributed by atoms with E-state index in [9.17, 15) is 4.79 Å². The molecule has 0 radical (unpaired) electrons. The van der Waals surface area contributed by atoms with Gasteiger partial charge in [-0.15, -0.1) is 0 Å². The van der Waals surface area contributed by atoms with Crippen LogP contribution in [-0.4, -0.2) is 66.6 Å². The fraction of sp³-hybridized carbons (Fsp3) is 0.379. The number of carbonyl (C=O) groups is 1. The van der Waals surface area contributed by atoms with Crippen LogP contribution in [0.15, 0.2) is 48.0 Å². The molecule has 3 aliphatic rings. The highest BCUT2D eigenvalue weighted by atomic mass is 35.5. The van der Waals surface area contributed by atoms with Crippen LogP contribution in [0.2, 0.25) is 5.02 Å². The zero-order valence-corrected chi connectivity index (χ0v) is 21.4. The van der Waals surface area contributed by atoms with E-state index >= 15 is 0 Å². The van der Waals surface area contributed by atoms with E-state index in [1.807, 2.05) is 42.5 Å². The maximum absolute atomic E-state index is 13.7. The van der Waals surface area contributed by atoms with E-state index < -0.39 is 0 Å². The lowest BCUT2D eigenvalue weighted by molar-refractivity contribution is 0.0915. The number of aromatic nitrogens is 1. The third kappa shape index (κ3) is 4.73. The number of ether oxygens (including phenoxy) is 1. The summed E-state index contributed by atoms with van der Waals surface area (Å²) in [7, 11) is 2.14. The number of para-hydroxylation sites is 1. The third-order valence-corrected chi connectivity index (χ3v) is 7.81. The van der Waals surface area contributed by atoms with E-state index in [4.69, 9.17) is 21.3 Å². The molecule has 4 heterocycles. The summed E-state index contributed by atoms with van der Waals surface area (Å²) in [5, 5.41) is 5.00. The molecule has 7 heteroatoms. The molecule has 1 fully saturated rings. The van der Waals surface area contributed by atoms with Crippen LogP contribution in [0.3, 0.4) is 0 Å². The molecule has 0 saturated carbocycles. The van der Waals surface area contributed by atoms with E-state index in [1.165, 1.54) is 5.57 Å². The number of amides is 1. The highest BCUT2D eigenvalue weighted by Gasteiger charge is 2.28. The Kier molecular flexibility index (Phi) is 6.42. The first-order valence-electron chi connectivity index (χ1n) is 12.8. The number of fused-ring (bicyclic) bond motifs is 3. The van der Waals surface area contributed by atoms with Crippen molar-refractivity contribution >= 4 is 34.5 Å². The third-order valence-electron chi connectivity index (χ3n) is 7.58. The fourth-order valence-corrected chi connectivity index (χ4v) is 5.81. The van der Waals surface area contributed by atoms with E-state index in [0.29, 0.717) is 18.2 Å². The van der Waals surface area contributed by atoms with Gasteiger partial charge in [0.25, 0.3) is 5.91 Å². The maximum atomic E-state index is 13.7. The molecule has 3 aromatic rings. The topological polar surface area (TPSA) is 57.7 Å². The highest BCUT2D eigenvalue weighted by Crippen LogP contribution is 2.32. The molecule has 0 atom stereocenters. The van der Waals surface area contributed by atoms with Crippen molar-refractivity contribution in [3.63, 3.8) is 0 Å². The minimum absolute atomic E-state index is 0.0324. The van der Waals surface area contributed by atoms with Gasteiger partial charge in [-0.25, -0.2) is 0 Å². The SMILES string of the molecule is CN1CCC(NC(=O)c2c3c(nc4ccccc24)CCN(CC2=Cc4cc(Cl)ccc4OC2)C3)CC1. The standard InChI is InChI=1S/C29H31ClN4O2/c1-33-11-8-22(9-12-33)31-29(35)28-23-4-2-3-5-25(23)32-26-10-13-34(17-24(26)28)16-19-14-20-15-21(30)6-7-27(20)36-18-19/h2-7,14-15,22H,8-13,16-18H2,1H3,(H,31,35). The number of halogens is 1. The van der Waals surface area contributed by atoms with Crippen LogP contribution in [-0.2, 0) is 13.0 Å². The number of rotatable bonds is 4. The lowest BCUT2D eigenvalue weighted by Gasteiger charge is -2.33. The number of nitrogens with zero attached hydrogens (tertiary/aromatic N) is 3. The molecule has 2 aromatic carbocycles. The molecule has 1 aromatic heterocycles. The Labute approximate surface area is 216 Å². The van der Waals surface area contributed by atoms with E-state index in [1.54, 1.807) is 0 Å². The first-order chi connectivity index (χ1) is 17.5. The van der Waals surface area contributed by atoms with Crippen molar-refractivity contribution in [1.29, 1.82) is 0 Å². The number of carbonyl (C=O) groups excluding carboxylic acids is 1. The van der Waals surface area contributed by atoms with Crippen LogP contribution in [0.4, 0.5) is 0 Å². The second-order valence-electron chi connectivity index (χ2n) is 10.2. The summed E-state index contributed by atoms with van der Waals surface area (Å²) in [5.74, 6) is 0.903. The second-order valence-corrected chi connectivity index (χ2v) is 10.7. The first-order valence-corrected chi connectivity index (χ1v) is 13.2. The monoisotopic (exact) mass is 502 g/mol. The van der Waals surface area contributed by atoms with Gasteiger partial charge in [0.15, 0.2) is 0 Å². The summed E-state index contributed by atoms with van der Waals surface area (Å²) in [5.41, 5.74) is 6.03. The smallest absolute Gasteiger partial charge is 0.252 e. The van der Waals surface area contributed by atoms with Gasteiger partial charge in [-0.2, -0.15) is 0 Å². The highest BCUT2D eigenvalue weighted by molar-refractivity contribution is 6.30. The molecule has 186 valence electrons. The zero-order chi connectivity index (χ0) is 24.6. The number of pyridine rings is 1. The number of piperidine rings is 1. The van der Waals surface area contributed by atoms with Crippen LogP contribution in [0.25, 0.3) is 17.0 Å². The molecule has 1 N–H and O–H groups in total. The molecule has 1 amide bonds. The summed E-state index contributed by atoms with van der Waals surface area (Å²) < 4.78 is 5.98. The maximum Gasteiger partial charge on any atom is 0.252 e. The van der Waals surface area contributed by atoms with Crippen LogP contribution >= 0.6 is 11.6 Å². The quantitative estimate of drug-likeness (QED) is 0.567. The van der Waals surface area contributed by atoms with Gasteiger partial charge >= 0.3 is 0 Å². The van der Waals surface area contributed by atoms with Crippen molar-refractivity contribution in [2.45, 2.75) is 31.8 Å². The van der Waals surface area contributed by atoms with Crippen LogP contribution in [0, 0.1) is 0 Å².